The maximum Gasteiger partial charge on any atom is 0.124 e. The van der Waals surface area contributed by atoms with Crippen molar-refractivity contribution in [1.29, 1.82) is 0 Å². The molecule has 0 aliphatic heterocycles. The van der Waals surface area contributed by atoms with Gasteiger partial charge in [0.05, 0.1) is 0 Å². The van der Waals surface area contributed by atoms with Crippen LogP contribution < -0.4 is 16.4 Å². The third-order valence-corrected chi connectivity index (χ3v) is 2.90. The Hall–Kier alpha value is -1.77. The van der Waals surface area contributed by atoms with Crippen molar-refractivity contribution in [3.63, 3.8) is 0 Å². The highest BCUT2D eigenvalue weighted by atomic mass is 16.3. The number of phenols is 2. The van der Waals surface area contributed by atoms with Crippen molar-refractivity contribution in [1.82, 2.24) is 0 Å². The number of benzene rings is 2. The molecule has 0 fully saturated rings. The van der Waals surface area contributed by atoms with E-state index in [0.29, 0.717) is 11.1 Å². The fourth-order valence-corrected chi connectivity index (χ4v) is 1.79. The van der Waals surface area contributed by atoms with Crippen LogP contribution in [0.1, 0.15) is 5.56 Å². The summed E-state index contributed by atoms with van der Waals surface area (Å²) in [6.45, 7) is 1.95. The molecule has 0 aliphatic carbocycles. The van der Waals surface area contributed by atoms with Gasteiger partial charge in [-0.1, -0.05) is 40.8 Å². The van der Waals surface area contributed by atoms with Gasteiger partial charge in [0, 0.05) is 5.56 Å². The van der Waals surface area contributed by atoms with E-state index in [9.17, 15) is 10.2 Å². The van der Waals surface area contributed by atoms with E-state index in [4.69, 9.17) is 23.5 Å². The standard InChI is InChI=1S/C13H9B3O2/c1-6-2-4-7(5-3-6)8-9(14)10(15)13(18)11(16)12(8)17/h2-5,17-18H,1H3. The lowest BCUT2D eigenvalue weighted by atomic mass is 9.71. The van der Waals surface area contributed by atoms with Gasteiger partial charge in [-0.15, -0.1) is 0 Å². The van der Waals surface area contributed by atoms with Crippen molar-refractivity contribution >= 4 is 39.9 Å². The molecule has 0 saturated heterocycles. The van der Waals surface area contributed by atoms with Gasteiger partial charge in [0.1, 0.15) is 35.0 Å². The molecule has 0 saturated carbocycles. The molecule has 0 heterocycles. The second-order valence-electron chi connectivity index (χ2n) is 4.18. The number of hydrogen-bond donors (Lipinski definition) is 2. The summed E-state index contributed by atoms with van der Waals surface area (Å²) in [5.41, 5.74) is 2.02. The Balaban J connectivity index is 2.75. The number of rotatable bonds is 1. The third kappa shape index (κ3) is 1.90. The molecular formula is C13H9B3O2. The van der Waals surface area contributed by atoms with Crippen LogP contribution in [0.5, 0.6) is 11.5 Å². The molecule has 2 rings (SSSR count). The van der Waals surface area contributed by atoms with Gasteiger partial charge in [0.15, 0.2) is 0 Å². The van der Waals surface area contributed by atoms with Crippen molar-refractivity contribution in [2.75, 3.05) is 0 Å². The highest BCUT2D eigenvalue weighted by Gasteiger charge is 2.16. The fourth-order valence-electron chi connectivity index (χ4n) is 1.79. The minimum atomic E-state index is -0.388. The summed E-state index contributed by atoms with van der Waals surface area (Å²) in [5.74, 6) is -0.649. The second kappa shape index (κ2) is 4.49. The summed E-state index contributed by atoms with van der Waals surface area (Å²) in [5, 5.41) is 19.6. The van der Waals surface area contributed by atoms with Crippen LogP contribution in [-0.2, 0) is 0 Å². The van der Waals surface area contributed by atoms with E-state index in [1.54, 1.807) is 12.1 Å². The van der Waals surface area contributed by atoms with Crippen LogP contribution >= 0.6 is 0 Å². The maximum absolute atomic E-state index is 9.99. The van der Waals surface area contributed by atoms with Gasteiger partial charge in [-0.2, -0.15) is 0 Å². The minimum absolute atomic E-state index is 0.0270. The van der Waals surface area contributed by atoms with Crippen LogP contribution in [0.2, 0.25) is 0 Å². The van der Waals surface area contributed by atoms with Crippen LogP contribution in [0, 0.1) is 6.92 Å². The first-order chi connectivity index (χ1) is 8.43. The van der Waals surface area contributed by atoms with Gasteiger partial charge < -0.3 is 10.2 Å². The Morgan fingerprint density at radius 3 is 1.89 bits per heavy atom. The Morgan fingerprint density at radius 1 is 0.778 bits per heavy atom. The van der Waals surface area contributed by atoms with Crippen molar-refractivity contribution in [2.24, 2.45) is 0 Å². The Kier molecular flexibility index (Phi) is 3.16. The van der Waals surface area contributed by atoms with Crippen LogP contribution in [0.25, 0.3) is 11.1 Å². The molecule has 2 nitrogen and oxygen atoms in total. The van der Waals surface area contributed by atoms with E-state index >= 15 is 0 Å². The first kappa shape index (κ1) is 12.7. The van der Waals surface area contributed by atoms with Gasteiger partial charge in [-0.25, -0.2) is 0 Å². The van der Waals surface area contributed by atoms with Gasteiger partial charge in [0.25, 0.3) is 0 Å². The molecule has 0 aromatic heterocycles. The van der Waals surface area contributed by atoms with E-state index in [-0.39, 0.29) is 27.9 Å². The van der Waals surface area contributed by atoms with Crippen LogP contribution in [0.15, 0.2) is 24.3 Å². The number of phenolic OH excluding ortho intramolecular Hbond substituents is 2. The molecule has 6 radical (unpaired) electrons. The van der Waals surface area contributed by atoms with Crippen LogP contribution in [-0.4, -0.2) is 33.8 Å². The smallest absolute Gasteiger partial charge is 0.124 e. The first-order valence-electron chi connectivity index (χ1n) is 5.38. The zero-order chi connectivity index (χ0) is 13.4. The third-order valence-electron chi connectivity index (χ3n) is 2.90. The average molecular weight is 230 g/mol. The summed E-state index contributed by atoms with van der Waals surface area (Å²) in [6, 6.07) is 7.37. The topological polar surface area (TPSA) is 40.5 Å². The molecule has 0 atom stereocenters. The van der Waals surface area contributed by atoms with Crippen molar-refractivity contribution in [2.45, 2.75) is 6.92 Å². The van der Waals surface area contributed by atoms with E-state index in [1.807, 2.05) is 19.1 Å². The Labute approximate surface area is 110 Å². The molecule has 0 bridgehead atoms. The van der Waals surface area contributed by atoms with Gasteiger partial charge in [0.2, 0.25) is 0 Å². The zero-order valence-corrected chi connectivity index (χ0v) is 9.94. The molecule has 0 unspecified atom stereocenters. The lowest BCUT2D eigenvalue weighted by Gasteiger charge is -2.17. The number of hydrogen-bond acceptors (Lipinski definition) is 2. The molecule has 2 aromatic carbocycles. The predicted molar refractivity (Wildman–Crippen MR) is 76.1 cm³/mol. The summed E-state index contributed by atoms with van der Waals surface area (Å²) in [4.78, 5) is 0. The Bertz CT molecular complexity index is 578. The largest absolute Gasteiger partial charge is 0.509 e. The summed E-state index contributed by atoms with van der Waals surface area (Å²) < 4.78 is 0. The number of aryl methyl sites for hydroxylation is 1. The lowest BCUT2D eigenvalue weighted by Crippen LogP contribution is -2.32. The van der Waals surface area contributed by atoms with Crippen LogP contribution in [0.4, 0.5) is 0 Å². The molecule has 5 heteroatoms. The second-order valence-corrected chi connectivity index (χ2v) is 4.18. The van der Waals surface area contributed by atoms with Crippen molar-refractivity contribution < 1.29 is 10.2 Å². The molecule has 2 aromatic rings. The molecular weight excluding hydrogens is 221 g/mol. The normalized spacial score (nSPS) is 10.5. The first-order valence-corrected chi connectivity index (χ1v) is 5.38. The molecule has 82 valence electrons. The van der Waals surface area contributed by atoms with Gasteiger partial charge in [-0.05, 0) is 17.9 Å². The molecule has 0 amide bonds. The summed E-state index contributed by atoms with van der Waals surface area (Å²) >= 11 is 0. The number of aromatic hydroxyl groups is 2. The SMILES string of the molecule is [B]c1c([B])c(-c2ccc(C)cc2)c(O)c([B])c1O. The van der Waals surface area contributed by atoms with Gasteiger partial charge >= 0.3 is 0 Å². The average Bonchev–Trinajstić information content (AvgIpc) is 2.36. The van der Waals surface area contributed by atoms with E-state index in [2.05, 4.69) is 0 Å². The summed E-state index contributed by atoms with van der Waals surface area (Å²) in [6.07, 6.45) is 0. The van der Waals surface area contributed by atoms with Crippen molar-refractivity contribution in [3.05, 3.63) is 29.8 Å². The molecule has 0 aliphatic rings. The van der Waals surface area contributed by atoms with Crippen molar-refractivity contribution in [3.8, 4) is 22.6 Å². The highest BCUT2D eigenvalue weighted by Crippen LogP contribution is 2.26. The predicted octanol–water partition coefficient (Wildman–Crippen LogP) is -0.545. The van der Waals surface area contributed by atoms with E-state index < -0.39 is 0 Å². The zero-order valence-electron chi connectivity index (χ0n) is 9.94. The van der Waals surface area contributed by atoms with E-state index in [1.165, 1.54) is 0 Å². The quantitative estimate of drug-likeness (QED) is 0.645. The monoisotopic (exact) mass is 230 g/mol. The summed E-state index contributed by atoms with van der Waals surface area (Å²) in [7, 11) is 17.1. The fraction of sp³-hybridized carbons (Fsp3) is 0.0769. The lowest BCUT2D eigenvalue weighted by molar-refractivity contribution is 0.463. The molecule has 0 spiro atoms. The molecule has 18 heavy (non-hydrogen) atoms. The van der Waals surface area contributed by atoms with Gasteiger partial charge in [-0.3, -0.25) is 0 Å². The highest BCUT2D eigenvalue weighted by molar-refractivity contribution is 6.55. The Morgan fingerprint density at radius 2 is 1.33 bits per heavy atom. The molecule has 2 N–H and O–H groups in total. The maximum atomic E-state index is 9.99. The van der Waals surface area contributed by atoms with E-state index in [0.717, 1.165) is 5.56 Å². The minimum Gasteiger partial charge on any atom is -0.509 e. The van der Waals surface area contributed by atoms with Crippen LogP contribution in [0.3, 0.4) is 0 Å².